The van der Waals surface area contributed by atoms with Crippen molar-refractivity contribution in [2.24, 2.45) is 0 Å². The van der Waals surface area contributed by atoms with Crippen LogP contribution in [0, 0.1) is 0 Å². The lowest BCUT2D eigenvalue weighted by Gasteiger charge is -2.27. The molecule has 0 saturated carbocycles. The Morgan fingerprint density at radius 1 is 1.44 bits per heavy atom. The highest BCUT2D eigenvalue weighted by atomic mass is 16.4. The fourth-order valence-electron chi connectivity index (χ4n) is 1.70. The van der Waals surface area contributed by atoms with Crippen molar-refractivity contribution in [3.63, 3.8) is 0 Å². The van der Waals surface area contributed by atoms with Gasteiger partial charge in [0.1, 0.15) is 6.04 Å². The van der Waals surface area contributed by atoms with Gasteiger partial charge in [0, 0.05) is 6.54 Å². The van der Waals surface area contributed by atoms with Gasteiger partial charge in [-0.05, 0) is 19.0 Å². The first-order valence-electron chi connectivity index (χ1n) is 5.42. The minimum atomic E-state index is -0.839. The molecule has 2 N–H and O–H groups in total. The lowest BCUT2D eigenvalue weighted by Crippen LogP contribution is -2.42. The summed E-state index contributed by atoms with van der Waals surface area (Å²) in [5, 5.41) is 11.0. The molecule has 4 nitrogen and oxygen atoms in total. The lowest BCUT2D eigenvalue weighted by atomic mass is 10.1. The molecule has 1 unspecified atom stereocenters. The molecule has 1 aromatic carbocycles. The second-order valence-electron chi connectivity index (χ2n) is 3.57. The third-order valence-corrected chi connectivity index (χ3v) is 2.41. The zero-order valence-corrected chi connectivity index (χ0v) is 9.68. The predicted molar refractivity (Wildman–Crippen MR) is 62.9 cm³/mol. The summed E-state index contributed by atoms with van der Waals surface area (Å²) < 4.78 is 0. The summed E-state index contributed by atoms with van der Waals surface area (Å²) in [5.41, 5.74) is 3.73. The average molecular weight is 222 g/mol. The molecule has 0 saturated heterocycles. The minimum Gasteiger partial charge on any atom is -0.480 e. The zero-order chi connectivity index (χ0) is 12.0. The summed E-state index contributed by atoms with van der Waals surface area (Å²) in [6.07, 6.45) is 0.900. The highest BCUT2D eigenvalue weighted by Gasteiger charge is 2.25. The van der Waals surface area contributed by atoms with E-state index in [-0.39, 0.29) is 0 Å². The van der Waals surface area contributed by atoms with Crippen LogP contribution in [0.5, 0.6) is 0 Å². The van der Waals surface area contributed by atoms with E-state index in [0.29, 0.717) is 6.54 Å². The Morgan fingerprint density at radius 3 is 2.50 bits per heavy atom. The van der Waals surface area contributed by atoms with E-state index in [4.69, 9.17) is 0 Å². The van der Waals surface area contributed by atoms with Crippen molar-refractivity contribution in [2.75, 3.05) is 13.6 Å². The van der Waals surface area contributed by atoms with Crippen LogP contribution in [0.2, 0.25) is 0 Å². The molecular formula is C12H18N2O2. The van der Waals surface area contributed by atoms with Gasteiger partial charge in [-0.1, -0.05) is 37.3 Å². The summed E-state index contributed by atoms with van der Waals surface area (Å²) in [5.74, 6) is -0.839. The lowest BCUT2D eigenvalue weighted by molar-refractivity contribution is -0.145. The summed E-state index contributed by atoms with van der Waals surface area (Å²) in [6.45, 7) is 2.72. The third kappa shape index (κ3) is 3.05. The first-order valence-corrected chi connectivity index (χ1v) is 5.42. The minimum absolute atomic E-state index is 0.633. The van der Waals surface area contributed by atoms with E-state index in [0.717, 1.165) is 12.0 Å². The van der Waals surface area contributed by atoms with E-state index in [9.17, 15) is 9.90 Å². The number of aliphatic carboxylic acids is 1. The number of nitrogens with one attached hydrogen (secondary N) is 1. The Bertz CT molecular complexity index is 327. The van der Waals surface area contributed by atoms with Gasteiger partial charge in [-0.15, -0.1) is 0 Å². The van der Waals surface area contributed by atoms with Crippen LogP contribution in [0.3, 0.4) is 0 Å². The van der Waals surface area contributed by atoms with E-state index >= 15 is 0 Å². The summed E-state index contributed by atoms with van der Waals surface area (Å²) in [6, 6.07) is 8.62. The Hall–Kier alpha value is -1.39. The summed E-state index contributed by atoms with van der Waals surface area (Å²) in [4.78, 5) is 11.3. The molecule has 0 bridgehead atoms. The molecule has 16 heavy (non-hydrogen) atoms. The first-order chi connectivity index (χ1) is 7.70. The fraction of sp³-hybridized carbons (Fsp3) is 0.417. The maximum absolute atomic E-state index is 11.3. The quantitative estimate of drug-likeness (QED) is 0.719. The smallest absolute Gasteiger partial charge is 0.326 e. The van der Waals surface area contributed by atoms with Crippen LogP contribution in [0.15, 0.2) is 30.3 Å². The SMILES string of the molecule is CCCN(NC)C(C(=O)O)c1ccccc1. The van der Waals surface area contributed by atoms with Crippen LogP contribution in [-0.2, 0) is 4.79 Å². The van der Waals surface area contributed by atoms with Crippen molar-refractivity contribution in [1.82, 2.24) is 10.4 Å². The van der Waals surface area contributed by atoms with Crippen LogP contribution in [0.25, 0.3) is 0 Å². The zero-order valence-electron chi connectivity index (χ0n) is 9.68. The van der Waals surface area contributed by atoms with Crippen LogP contribution >= 0.6 is 0 Å². The van der Waals surface area contributed by atoms with Crippen LogP contribution in [0.1, 0.15) is 24.9 Å². The summed E-state index contributed by atoms with van der Waals surface area (Å²) >= 11 is 0. The van der Waals surface area contributed by atoms with Crippen molar-refractivity contribution < 1.29 is 9.90 Å². The van der Waals surface area contributed by atoms with Gasteiger partial charge >= 0.3 is 5.97 Å². The standard InChI is InChI=1S/C12H18N2O2/c1-3-9-14(13-2)11(12(15)16)10-7-5-4-6-8-10/h4-8,11,13H,3,9H2,1-2H3,(H,15,16). The number of hydrogen-bond acceptors (Lipinski definition) is 3. The number of carbonyl (C=O) groups is 1. The Labute approximate surface area is 95.9 Å². The van der Waals surface area contributed by atoms with E-state index in [1.807, 2.05) is 37.3 Å². The van der Waals surface area contributed by atoms with E-state index < -0.39 is 12.0 Å². The van der Waals surface area contributed by atoms with Crippen LogP contribution < -0.4 is 5.43 Å². The molecule has 0 aliphatic heterocycles. The maximum atomic E-state index is 11.3. The van der Waals surface area contributed by atoms with Gasteiger partial charge in [0.2, 0.25) is 0 Å². The number of hydrogen-bond donors (Lipinski definition) is 2. The number of nitrogens with zero attached hydrogens (tertiary/aromatic N) is 1. The topological polar surface area (TPSA) is 52.6 Å². The fourth-order valence-corrected chi connectivity index (χ4v) is 1.70. The third-order valence-electron chi connectivity index (χ3n) is 2.41. The van der Waals surface area contributed by atoms with E-state index in [1.165, 1.54) is 0 Å². The van der Waals surface area contributed by atoms with Gasteiger partial charge in [0.15, 0.2) is 0 Å². The van der Waals surface area contributed by atoms with E-state index in [1.54, 1.807) is 12.1 Å². The van der Waals surface area contributed by atoms with Crippen LogP contribution in [-0.4, -0.2) is 29.7 Å². The van der Waals surface area contributed by atoms with Gasteiger partial charge < -0.3 is 5.11 Å². The molecular weight excluding hydrogens is 204 g/mol. The number of carboxylic acid groups (broad SMARTS) is 1. The van der Waals surface area contributed by atoms with Crippen molar-refractivity contribution in [2.45, 2.75) is 19.4 Å². The molecule has 0 heterocycles. The molecule has 0 aromatic heterocycles. The average Bonchev–Trinajstić information content (AvgIpc) is 2.29. The Balaban J connectivity index is 2.94. The molecule has 0 spiro atoms. The highest BCUT2D eigenvalue weighted by Crippen LogP contribution is 2.19. The molecule has 88 valence electrons. The number of benzene rings is 1. The predicted octanol–water partition coefficient (Wildman–Crippen LogP) is 1.66. The monoisotopic (exact) mass is 222 g/mol. The second-order valence-corrected chi connectivity index (χ2v) is 3.57. The molecule has 1 aromatic rings. The number of rotatable bonds is 6. The number of carboxylic acids is 1. The van der Waals surface area contributed by atoms with Gasteiger partial charge in [-0.2, -0.15) is 0 Å². The maximum Gasteiger partial charge on any atom is 0.326 e. The normalized spacial score (nSPS) is 12.7. The molecule has 0 amide bonds. The molecule has 0 radical (unpaired) electrons. The van der Waals surface area contributed by atoms with Crippen molar-refractivity contribution >= 4 is 5.97 Å². The first kappa shape index (κ1) is 12.7. The van der Waals surface area contributed by atoms with E-state index in [2.05, 4.69) is 5.43 Å². The molecule has 4 heteroatoms. The van der Waals surface area contributed by atoms with Gasteiger partial charge in [-0.3, -0.25) is 10.2 Å². The van der Waals surface area contributed by atoms with Crippen molar-refractivity contribution in [3.8, 4) is 0 Å². The van der Waals surface area contributed by atoms with Crippen LogP contribution in [0.4, 0.5) is 0 Å². The largest absolute Gasteiger partial charge is 0.480 e. The van der Waals surface area contributed by atoms with Gasteiger partial charge in [-0.25, -0.2) is 5.01 Å². The van der Waals surface area contributed by atoms with Crippen molar-refractivity contribution in [1.29, 1.82) is 0 Å². The molecule has 1 atom stereocenters. The Morgan fingerprint density at radius 2 is 2.06 bits per heavy atom. The molecule has 1 rings (SSSR count). The van der Waals surface area contributed by atoms with Crippen molar-refractivity contribution in [3.05, 3.63) is 35.9 Å². The Kier molecular flexibility index (Phi) is 4.95. The second kappa shape index (κ2) is 6.25. The highest BCUT2D eigenvalue weighted by molar-refractivity contribution is 5.75. The van der Waals surface area contributed by atoms with Gasteiger partial charge in [0.05, 0.1) is 0 Å². The van der Waals surface area contributed by atoms with Gasteiger partial charge in [0.25, 0.3) is 0 Å². The molecule has 0 fully saturated rings. The summed E-state index contributed by atoms with van der Waals surface area (Å²) in [7, 11) is 1.74. The molecule has 0 aliphatic carbocycles. The number of hydrazine groups is 1. The molecule has 0 aliphatic rings.